The van der Waals surface area contributed by atoms with Crippen LogP contribution >= 0.6 is 11.3 Å². The highest BCUT2D eigenvalue weighted by molar-refractivity contribution is 7.11. The van der Waals surface area contributed by atoms with E-state index in [0.717, 1.165) is 29.3 Å². The van der Waals surface area contributed by atoms with Crippen LogP contribution in [0.25, 0.3) is 10.8 Å². The molecule has 3 aromatic rings. The zero-order chi connectivity index (χ0) is 13.9. The number of hydrogen-bond acceptors (Lipinski definition) is 4. The van der Waals surface area contributed by atoms with Gasteiger partial charge < -0.3 is 11.1 Å². The standard InChI is InChI=1S/C16H17N3S/c1-11-19-10-15(20-11)9-18-8-14-6-12-4-2-3-5-13(12)7-16(14)17/h2-7,10,18H,8-9,17H2,1H3. The van der Waals surface area contributed by atoms with Gasteiger partial charge in [-0.3, -0.25) is 0 Å². The monoisotopic (exact) mass is 283 g/mol. The summed E-state index contributed by atoms with van der Waals surface area (Å²) in [5.74, 6) is 0. The van der Waals surface area contributed by atoms with Gasteiger partial charge in [0.25, 0.3) is 0 Å². The maximum absolute atomic E-state index is 6.12. The minimum atomic E-state index is 0.771. The lowest BCUT2D eigenvalue weighted by molar-refractivity contribution is 0.702. The third-order valence-corrected chi connectivity index (χ3v) is 4.20. The van der Waals surface area contributed by atoms with E-state index in [2.05, 4.69) is 34.6 Å². The number of anilines is 1. The van der Waals surface area contributed by atoms with Crippen molar-refractivity contribution in [1.82, 2.24) is 10.3 Å². The quantitative estimate of drug-likeness (QED) is 0.721. The number of nitrogens with one attached hydrogen (secondary N) is 1. The molecular formula is C16H17N3S. The van der Waals surface area contributed by atoms with E-state index in [9.17, 15) is 0 Å². The van der Waals surface area contributed by atoms with Crippen LogP contribution in [0.4, 0.5) is 5.69 Å². The van der Waals surface area contributed by atoms with Crippen molar-refractivity contribution in [1.29, 1.82) is 0 Å². The second-order valence-electron chi connectivity index (χ2n) is 4.85. The van der Waals surface area contributed by atoms with Crippen molar-refractivity contribution in [3.63, 3.8) is 0 Å². The molecule has 0 fully saturated rings. The summed E-state index contributed by atoms with van der Waals surface area (Å²) in [7, 11) is 0. The summed E-state index contributed by atoms with van der Waals surface area (Å²) in [6, 6.07) is 12.5. The largest absolute Gasteiger partial charge is 0.398 e. The Morgan fingerprint density at radius 3 is 2.60 bits per heavy atom. The number of nitrogen functional groups attached to an aromatic ring is 1. The molecule has 20 heavy (non-hydrogen) atoms. The molecular weight excluding hydrogens is 266 g/mol. The van der Waals surface area contributed by atoms with E-state index in [4.69, 9.17) is 5.73 Å². The van der Waals surface area contributed by atoms with E-state index in [-0.39, 0.29) is 0 Å². The first-order chi connectivity index (χ1) is 9.72. The summed E-state index contributed by atoms with van der Waals surface area (Å²) in [5.41, 5.74) is 8.11. The first-order valence-corrected chi connectivity index (χ1v) is 7.43. The Balaban J connectivity index is 1.72. The number of benzene rings is 2. The van der Waals surface area contributed by atoms with Gasteiger partial charge in [0.2, 0.25) is 0 Å². The number of rotatable bonds is 4. The molecule has 0 radical (unpaired) electrons. The molecule has 2 aromatic carbocycles. The van der Waals surface area contributed by atoms with Gasteiger partial charge in [-0.05, 0) is 35.4 Å². The number of aryl methyl sites for hydroxylation is 1. The van der Waals surface area contributed by atoms with Gasteiger partial charge in [0.15, 0.2) is 0 Å². The van der Waals surface area contributed by atoms with E-state index >= 15 is 0 Å². The lowest BCUT2D eigenvalue weighted by Gasteiger charge is -2.09. The minimum Gasteiger partial charge on any atom is -0.398 e. The van der Waals surface area contributed by atoms with Gasteiger partial charge in [-0.1, -0.05) is 24.3 Å². The molecule has 4 heteroatoms. The fourth-order valence-electron chi connectivity index (χ4n) is 2.27. The summed E-state index contributed by atoms with van der Waals surface area (Å²) >= 11 is 1.72. The van der Waals surface area contributed by atoms with Gasteiger partial charge in [0.05, 0.1) is 5.01 Å². The molecule has 0 spiro atoms. The number of nitrogens with zero attached hydrogens (tertiary/aromatic N) is 1. The number of hydrogen-bond donors (Lipinski definition) is 2. The van der Waals surface area contributed by atoms with Crippen LogP contribution in [0.15, 0.2) is 42.6 Å². The second-order valence-corrected chi connectivity index (χ2v) is 6.17. The zero-order valence-corrected chi connectivity index (χ0v) is 12.2. The van der Waals surface area contributed by atoms with Crippen LogP contribution in [0.1, 0.15) is 15.4 Å². The third-order valence-electron chi connectivity index (χ3n) is 3.29. The Hall–Kier alpha value is -1.91. The van der Waals surface area contributed by atoms with Crippen LogP contribution in [0.3, 0.4) is 0 Å². The highest BCUT2D eigenvalue weighted by atomic mass is 32.1. The SMILES string of the molecule is Cc1ncc(CNCc2cc3ccccc3cc2N)s1. The Kier molecular flexibility index (Phi) is 3.67. The Labute approximate surface area is 122 Å². The Morgan fingerprint density at radius 1 is 1.15 bits per heavy atom. The summed E-state index contributed by atoms with van der Waals surface area (Å²) in [4.78, 5) is 5.51. The molecule has 102 valence electrons. The molecule has 3 N–H and O–H groups in total. The van der Waals surface area contributed by atoms with Crippen LogP contribution in [0.2, 0.25) is 0 Å². The van der Waals surface area contributed by atoms with Crippen molar-refractivity contribution in [2.75, 3.05) is 5.73 Å². The Morgan fingerprint density at radius 2 is 1.90 bits per heavy atom. The molecule has 1 heterocycles. The summed E-state index contributed by atoms with van der Waals surface area (Å²) in [6.45, 7) is 3.63. The van der Waals surface area contributed by atoms with Crippen molar-refractivity contribution in [2.45, 2.75) is 20.0 Å². The van der Waals surface area contributed by atoms with Gasteiger partial charge in [0.1, 0.15) is 0 Å². The van der Waals surface area contributed by atoms with E-state index in [1.54, 1.807) is 11.3 Å². The van der Waals surface area contributed by atoms with Crippen molar-refractivity contribution >= 4 is 27.8 Å². The van der Waals surface area contributed by atoms with Crippen LogP contribution in [0, 0.1) is 6.92 Å². The lowest BCUT2D eigenvalue weighted by atomic mass is 10.1. The number of thiazole rings is 1. The van der Waals surface area contributed by atoms with Gasteiger partial charge in [-0.2, -0.15) is 0 Å². The molecule has 0 aliphatic heterocycles. The molecule has 3 rings (SSSR count). The van der Waals surface area contributed by atoms with E-state index in [1.165, 1.54) is 15.6 Å². The summed E-state index contributed by atoms with van der Waals surface area (Å²) < 4.78 is 0. The van der Waals surface area contributed by atoms with Crippen LogP contribution in [-0.4, -0.2) is 4.98 Å². The molecule has 0 amide bonds. The maximum atomic E-state index is 6.12. The van der Waals surface area contributed by atoms with Crippen LogP contribution in [0.5, 0.6) is 0 Å². The van der Waals surface area contributed by atoms with Gasteiger partial charge in [0, 0.05) is 29.9 Å². The third kappa shape index (κ3) is 2.81. The average molecular weight is 283 g/mol. The van der Waals surface area contributed by atoms with Crippen molar-refractivity contribution in [2.24, 2.45) is 0 Å². The molecule has 0 saturated heterocycles. The second kappa shape index (κ2) is 5.61. The highest BCUT2D eigenvalue weighted by Crippen LogP contribution is 2.22. The molecule has 0 aliphatic rings. The highest BCUT2D eigenvalue weighted by Gasteiger charge is 2.03. The number of nitrogens with two attached hydrogens (primary N) is 1. The lowest BCUT2D eigenvalue weighted by Crippen LogP contribution is -2.13. The van der Waals surface area contributed by atoms with Crippen LogP contribution < -0.4 is 11.1 Å². The normalized spacial score (nSPS) is 11.1. The first-order valence-electron chi connectivity index (χ1n) is 6.61. The van der Waals surface area contributed by atoms with Gasteiger partial charge >= 0.3 is 0 Å². The fraction of sp³-hybridized carbons (Fsp3) is 0.188. The van der Waals surface area contributed by atoms with Crippen LogP contribution in [-0.2, 0) is 13.1 Å². The summed E-state index contributed by atoms with van der Waals surface area (Å²) in [5, 5.41) is 6.95. The summed E-state index contributed by atoms with van der Waals surface area (Å²) in [6.07, 6.45) is 1.93. The molecule has 0 saturated carbocycles. The van der Waals surface area contributed by atoms with E-state index < -0.39 is 0 Å². The van der Waals surface area contributed by atoms with Gasteiger partial charge in [-0.15, -0.1) is 11.3 Å². The number of fused-ring (bicyclic) bond motifs is 1. The Bertz CT molecular complexity index is 733. The zero-order valence-electron chi connectivity index (χ0n) is 11.4. The molecule has 3 nitrogen and oxygen atoms in total. The van der Waals surface area contributed by atoms with E-state index in [1.807, 2.05) is 25.3 Å². The molecule has 0 bridgehead atoms. The van der Waals surface area contributed by atoms with Crippen molar-refractivity contribution in [3.05, 3.63) is 58.0 Å². The number of aromatic nitrogens is 1. The van der Waals surface area contributed by atoms with Crippen molar-refractivity contribution in [3.8, 4) is 0 Å². The topological polar surface area (TPSA) is 50.9 Å². The fourth-order valence-corrected chi connectivity index (χ4v) is 3.03. The molecule has 0 unspecified atom stereocenters. The minimum absolute atomic E-state index is 0.771. The maximum Gasteiger partial charge on any atom is 0.0897 e. The predicted octanol–water partition coefficient (Wildman–Crippen LogP) is 3.48. The average Bonchev–Trinajstić information content (AvgIpc) is 2.85. The van der Waals surface area contributed by atoms with Crippen molar-refractivity contribution < 1.29 is 0 Å². The molecule has 0 atom stereocenters. The smallest absolute Gasteiger partial charge is 0.0897 e. The predicted molar refractivity (Wildman–Crippen MR) is 85.8 cm³/mol. The molecule has 1 aromatic heterocycles. The molecule has 0 aliphatic carbocycles. The van der Waals surface area contributed by atoms with E-state index in [0.29, 0.717) is 0 Å². The van der Waals surface area contributed by atoms with Gasteiger partial charge in [-0.25, -0.2) is 4.98 Å². The first kappa shape index (κ1) is 13.1.